The molecule has 11 nitrogen and oxygen atoms in total. The molecule has 2 aromatic rings. The van der Waals surface area contributed by atoms with Crippen molar-refractivity contribution in [1.82, 2.24) is 0 Å². The first kappa shape index (κ1) is 37.2. The van der Waals surface area contributed by atoms with Gasteiger partial charge in [-0.1, -0.05) is 13.8 Å². The van der Waals surface area contributed by atoms with Gasteiger partial charge in [-0.05, 0) is 68.6 Å². The predicted molar refractivity (Wildman–Crippen MR) is 179 cm³/mol. The quantitative estimate of drug-likeness (QED) is 0.0947. The highest BCUT2D eigenvalue weighted by Crippen LogP contribution is 2.50. The molecular formula is C33H45N2O9S2Si-. The van der Waals surface area contributed by atoms with Gasteiger partial charge in [0.2, 0.25) is 5.69 Å². The molecule has 4 rings (SSSR count). The summed E-state index contributed by atoms with van der Waals surface area (Å²) in [4.78, 5) is 1.65. The number of hydrogen-bond donors (Lipinski definition) is 1. The third-order valence-electron chi connectivity index (χ3n) is 10.0. The number of fused-ring (bicyclic) bond motifs is 2. The summed E-state index contributed by atoms with van der Waals surface area (Å²) in [7, 11) is -9.14. The standard InChI is InChI=1S/C33H46N2O9S2Si/c1-8-9-10-11-17-34-28-15-13-24(45(37,38)39)20-26(28)32(2,3)30(34)22-31-33(4,5)27-21-25(46(40,41)42)14-16-29(27)35(31)18-12-19-47(23-36,43-6)44-7/h1,13-16,20-21,31,36H,9-12,17-19,22-23H2,2-7H3,(H-,37,38,39,40,41,42)/p-1. The van der Waals surface area contributed by atoms with Crippen LogP contribution in [0.5, 0.6) is 0 Å². The maximum Gasteiger partial charge on any atom is 0.364 e. The summed E-state index contributed by atoms with van der Waals surface area (Å²) in [5.74, 6) is 2.68. The van der Waals surface area contributed by atoms with Crippen LogP contribution in [0, 0.1) is 12.3 Å². The van der Waals surface area contributed by atoms with Gasteiger partial charge in [-0.15, -0.1) is 12.3 Å². The number of benzene rings is 2. The van der Waals surface area contributed by atoms with E-state index in [4.69, 9.17) is 15.3 Å². The van der Waals surface area contributed by atoms with Gasteiger partial charge in [0.15, 0.2) is 5.71 Å². The first-order chi connectivity index (χ1) is 21.9. The van der Waals surface area contributed by atoms with Gasteiger partial charge in [0.05, 0.1) is 27.9 Å². The van der Waals surface area contributed by atoms with Crippen molar-refractivity contribution in [2.45, 2.75) is 92.5 Å². The Bertz CT molecular complexity index is 1790. The average molecular weight is 706 g/mol. The fraction of sp³-hybridized carbons (Fsp3) is 0.545. The van der Waals surface area contributed by atoms with E-state index in [0.29, 0.717) is 38.4 Å². The zero-order valence-corrected chi connectivity index (χ0v) is 30.5. The molecule has 0 saturated heterocycles. The second-order valence-corrected chi connectivity index (χ2v) is 19.6. The summed E-state index contributed by atoms with van der Waals surface area (Å²) in [6.45, 7) is 9.26. The van der Waals surface area contributed by atoms with E-state index in [2.05, 4.69) is 15.4 Å². The summed E-state index contributed by atoms with van der Waals surface area (Å²) in [6, 6.07) is 9.34. The Hall–Kier alpha value is -2.61. The summed E-state index contributed by atoms with van der Waals surface area (Å²) >= 11 is 0. The molecule has 14 heteroatoms. The number of anilines is 1. The highest BCUT2D eigenvalue weighted by atomic mass is 32.2. The minimum atomic E-state index is -4.70. The number of nitrogens with zero attached hydrogens (tertiary/aromatic N) is 2. The molecule has 1 N–H and O–H groups in total. The Morgan fingerprint density at radius 3 is 2.11 bits per heavy atom. The lowest BCUT2D eigenvalue weighted by Crippen LogP contribution is -2.48. The van der Waals surface area contributed by atoms with Crippen LogP contribution in [0.4, 0.5) is 11.4 Å². The van der Waals surface area contributed by atoms with Crippen molar-refractivity contribution in [3.05, 3.63) is 47.5 Å². The Labute approximate surface area is 280 Å². The van der Waals surface area contributed by atoms with Crippen molar-refractivity contribution in [3.63, 3.8) is 0 Å². The van der Waals surface area contributed by atoms with E-state index in [0.717, 1.165) is 41.1 Å². The Morgan fingerprint density at radius 2 is 1.55 bits per heavy atom. The lowest BCUT2D eigenvalue weighted by molar-refractivity contribution is -0.440. The topological polar surface area (TPSA) is 159 Å². The molecule has 0 saturated carbocycles. The van der Waals surface area contributed by atoms with Crippen LogP contribution < -0.4 is 4.90 Å². The molecule has 2 aromatic carbocycles. The van der Waals surface area contributed by atoms with Gasteiger partial charge in [0.25, 0.3) is 0 Å². The molecule has 258 valence electrons. The number of unbranched alkanes of at least 4 members (excludes halogenated alkanes) is 2. The first-order valence-electron chi connectivity index (χ1n) is 15.6. The van der Waals surface area contributed by atoms with E-state index < -0.39 is 39.6 Å². The summed E-state index contributed by atoms with van der Waals surface area (Å²) < 4.78 is 85.7. The Morgan fingerprint density at radius 1 is 0.957 bits per heavy atom. The fourth-order valence-corrected chi connectivity index (χ4v) is 9.86. The van der Waals surface area contributed by atoms with Crippen LogP contribution in [-0.4, -0.2) is 89.5 Å². The first-order valence-corrected chi connectivity index (χ1v) is 20.7. The van der Waals surface area contributed by atoms with Crippen molar-refractivity contribution in [2.75, 3.05) is 38.4 Å². The second-order valence-electron chi connectivity index (χ2n) is 13.4. The summed E-state index contributed by atoms with van der Waals surface area (Å²) in [5, 5.41) is 10.0. The number of terminal acetylenes is 1. The average Bonchev–Trinajstić information content (AvgIpc) is 3.35. The molecule has 0 radical (unpaired) electrons. The minimum Gasteiger partial charge on any atom is -0.744 e. The van der Waals surface area contributed by atoms with Crippen LogP contribution in [0.1, 0.15) is 70.9 Å². The largest absolute Gasteiger partial charge is 0.744 e. The third-order valence-corrected chi connectivity index (χ3v) is 14.8. The Balaban J connectivity index is 1.83. The van der Waals surface area contributed by atoms with Crippen molar-refractivity contribution < 1.29 is 44.5 Å². The maximum absolute atomic E-state index is 12.1. The van der Waals surface area contributed by atoms with Crippen LogP contribution in [0.2, 0.25) is 6.04 Å². The maximum atomic E-state index is 12.1. The van der Waals surface area contributed by atoms with E-state index in [1.54, 1.807) is 12.1 Å². The van der Waals surface area contributed by atoms with Gasteiger partial charge in [-0.2, -0.15) is 4.58 Å². The third kappa shape index (κ3) is 7.23. The van der Waals surface area contributed by atoms with Crippen molar-refractivity contribution in [3.8, 4) is 12.3 Å². The van der Waals surface area contributed by atoms with E-state index in [1.807, 2.05) is 27.7 Å². The zero-order chi connectivity index (χ0) is 35.0. The molecule has 0 amide bonds. The predicted octanol–water partition coefficient (Wildman–Crippen LogP) is 3.89. The van der Waals surface area contributed by atoms with E-state index >= 15 is 0 Å². The van der Waals surface area contributed by atoms with E-state index in [9.17, 15) is 31.0 Å². The molecule has 2 heterocycles. The monoisotopic (exact) mass is 705 g/mol. The zero-order valence-electron chi connectivity index (χ0n) is 27.9. The van der Waals surface area contributed by atoms with Crippen molar-refractivity contribution in [2.24, 2.45) is 0 Å². The van der Waals surface area contributed by atoms with Crippen molar-refractivity contribution in [1.29, 1.82) is 0 Å². The summed E-state index contributed by atoms with van der Waals surface area (Å²) in [6.07, 6.45) is 8.64. The van der Waals surface area contributed by atoms with Crippen LogP contribution in [0.25, 0.3) is 0 Å². The molecule has 0 spiro atoms. The van der Waals surface area contributed by atoms with Gasteiger partial charge in [-0.25, -0.2) is 16.8 Å². The van der Waals surface area contributed by atoms with Crippen LogP contribution in [0.3, 0.4) is 0 Å². The molecule has 47 heavy (non-hydrogen) atoms. The van der Waals surface area contributed by atoms with Gasteiger partial charge in [0, 0.05) is 62.4 Å². The number of hydrogen-bond acceptors (Lipinski definition) is 10. The Kier molecular flexibility index (Phi) is 10.9. The highest BCUT2D eigenvalue weighted by molar-refractivity contribution is 7.86. The summed E-state index contributed by atoms with van der Waals surface area (Å²) in [5.41, 5.74) is 2.85. The number of rotatable bonds is 15. The van der Waals surface area contributed by atoms with Crippen LogP contribution >= 0.6 is 0 Å². The molecule has 0 bridgehead atoms. The molecular weight excluding hydrogens is 661 g/mol. The van der Waals surface area contributed by atoms with Gasteiger partial charge in [-0.3, -0.25) is 0 Å². The van der Waals surface area contributed by atoms with Crippen LogP contribution in [-0.2, 0) is 39.9 Å². The molecule has 0 aromatic heterocycles. The SMILES string of the molecule is C#CCCCC[N+]1=C(CC2N(CCC[Si](CO)(OC)OC)c3ccc(S(=O)(=O)[O-])cc3C2(C)C)C(C)(C)c2cc(S(=O)(=O)[O-])ccc21. The fourth-order valence-electron chi connectivity index (χ4n) is 7.18. The van der Waals surface area contributed by atoms with Crippen molar-refractivity contribution >= 4 is 45.9 Å². The smallest absolute Gasteiger partial charge is 0.364 e. The molecule has 1 atom stereocenters. The van der Waals surface area contributed by atoms with E-state index in [-0.39, 0.29) is 22.1 Å². The number of aliphatic hydroxyl groups excluding tert-OH is 1. The molecule has 2 aliphatic rings. The lowest BCUT2D eigenvalue weighted by atomic mass is 9.73. The molecule has 1 unspecified atom stereocenters. The lowest BCUT2D eigenvalue weighted by Gasteiger charge is -2.36. The van der Waals surface area contributed by atoms with Gasteiger partial charge < -0.3 is 28.0 Å². The number of aliphatic hydroxyl groups is 1. The van der Waals surface area contributed by atoms with Gasteiger partial charge >= 0.3 is 8.56 Å². The molecule has 0 aliphatic carbocycles. The van der Waals surface area contributed by atoms with E-state index in [1.165, 1.54) is 38.5 Å². The van der Waals surface area contributed by atoms with Crippen LogP contribution in [0.15, 0.2) is 46.2 Å². The minimum absolute atomic E-state index is 0.198. The second kappa shape index (κ2) is 13.7. The molecule has 2 aliphatic heterocycles. The normalized spacial score (nSPS) is 18.7. The van der Waals surface area contributed by atoms with Gasteiger partial charge in [0.1, 0.15) is 26.8 Å². The molecule has 0 fully saturated rings. The highest BCUT2D eigenvalue weighted by Gasteiger charge is 2.52.